The Labute approximate surface area is 190 Å². The van der Waals surface area contributed by atoms with Gasteiger partial charge in [0.05, 0.1) is 18.8 Å². The van der Waals surface area contributed by atoms with Crippen molar-refractivity contribution in [2.75, 3.05) is 20.2 Å². The molecule has 1 atom stereocenters. The van der Waals surface area contributed by atoms with Gasteiger partial charge in [0.2, 0.25) is 11.8 Å². The number of carbonyl (C=O) groups excluding carboxylic acids is 2. The van der Waals surface area contributed by atoms with E-state index in [0.29, 0.717) is 31.8 Å². The first kappa shape index (κ1) is 22.3. The SMILES string of the molecule is COc1ccccc1C(NC(=O)C1CCN(C(=O)C2CCCCC2)CC1)c1ccccn1. The van der Waals surface area contributed by atoms with Crippen LogP contribution >= 0.6 is 0 Å². The Kier molecular flexibility index (Phi) is 7.40. The molecule has 1 unspecified atom stereocenters. The van der Waals surface area contributed by atoms with Crippen molar-refractivity contribution >= 4 is 11.8 Å². The van der Waals surface area contributed by atoms with Crippen LogP contribution in [0.15, 0.2) is 48.7 Å². The largest absolute Gasteiger partial charge is 0.496 e. The minimum atomic E-state index is -0.387. The van der Waals surface area contributed by atoms with E-state index in [9.17, 15) is 9.59 Å². The molecule has 2 heterocycles. The van der Waals surface area contributed by atoms with Crippen LogP contribution in [-0.4, -0.2) is 41.9 Å². The fraction of sp³-hybridized carbons (Fsp3) is 0.500. The van der Waals surface area contributed by atoms with E-state index in [1.807, 2.05) is 47.4 Å². The summed E-state index contributed by atoms with van der Waals surface area (Å²) in [5.74, 6) is 1.11. The van der Waals surface area contributed by atoms with Gasteiger partial charge in [-0.1, -0.05) is 43.5 Å². The van der Waals surface area contributed by atoms with E-state index in [0.717, 1.165) is 42.7 Å². The topological polar surface area (TPSA) is 71.5 Å². The number of rotatable bonds is 6. The molecule has 6 nitrogen and oxygen atoms in total. The van der Waals surface area contributed by atoms with Crippen molar-refractivity contribution in [2.24, 2.45) is 11.8 Å². The van der Waals surface area contributed by atoms with Crippen LogP contribution in [0.2, 0.25) is 0 Å². The molecule has 1 N–H and O–H groups in total. The Balaban J connectivity index is 1.42. The van der Waals surface area contributed by atoms with Crippen LogP contribution in [0.3, 0.4) is 0 Å². The number of aromatic nitrogens is 1. The minimum absolute atomic E-state index is 0.0105. The predicted octanol–water partition coefficient (Wildman–Crippen LogP) is 4.11. The lowest BCUT2D eigenvalue weighted by atomic mass is 9.87. The summed E-state index contributed by atoms with van der Waals surface area (Å²) < 4.78 is 5.55. The molecule has 2 aromatic rings. The lowest BCUT2D eigenvalue weighted by molar-refractivity contribution is -0.140. The van der Waals surface area contributed by atoms with Gasteiger partial charge in [0.25, 0.3) is 0 Å². The zero-order valence-electron chi connectivity index (χ0n) is 18.8. The molecular weight excluding hydrogens is 402 g/mol. The zero-order valence-corrected chi connectivity index (χ0v) is 18.8. The van der Waals surface area contributed by atoms with Gasteiger partial charge < -0.3 is 15.0 Å². The normalized spacial score (nSPS) is 18.7. The van der Waals surface area contributed by atoms with Gasteiger partial charge in [0, 0.05) is 36.7 Å². The predicted molar refractivity (Wildman–Crippen MR) is 123 cm³/mol. The number of ether oxygens (including phenoxy) is 1. The van der Waals surface area contributed by atoms with Crippen molar-refractivity contribution in [3.05, 3.63) is 59.9 Å². The summed E-state index contributed by atoms with van der Waals surface area (Å²) in [5.41, 5.74) is 1.65. The second kappa shape index (κ2) is 10.6. The highest BCUT2D eigenvalue weighted by atomic mass is 16.5. The first-order chi connectivity index (χ1) is 15.7. The zero-order chi connectivity index (χ0) is 22.3. The van der Waals surface area contributed by atoms with Crippen molar-refractivity contribution in [3.8, 4) is 5.75 Å². The van der Waals surface area contributed by atoms with Gasteiger partial charge in [0.15, 0.2) is 0 Å². The Bertz CT molecular complexity index is 904. The molecule has 170 valence electrons. The van der Waals surface area contributed by atoms with E-state index in [-0.39, 0.29) is 23.8 Å². The summed E-state index contributed by atoms with van der Waals surface area (Å²) >= 11 is 0. The molecule has 2 aliphatic rings. The number of hydrogen-bond donors (Lipinski definition) is 1. The summed E-state index contributed by atoms with van der Waals surface area (Å²) in [5, 5.41) is 3.22. The number of nitrogens with one attached hydrogen (secondary N) is 1. The average Bonchev–Trinajstić information content (AvgIpc) is 2.88. The van der Waals surface area contributed by atoms with Crippen molar-refractivity contribution < 1.29 is 14.3 Å². The van der Waals surface area contributed by atoms with Gasteiger partial charge in [-0.2, -0.15) is 0 Å². The van der Waals surface area contributed by atoms with Gasteiger partial charge >= 0.3 is 0 Å². The summed E-state index contributed by atoms with van der Waals surface area (Å²) in [7, 11) is 1.63. The van der Waals surface area contributed by atoms with Gasteiger partial charge in [0.1, 0.15) is 5.75 Å². The maximum absolute atomic E-state index is 13.2. The highest BCUT2D eigenvalue weighted by Crippen LogP contribution is 2.31. The van der Waals surface area contributed by atoms with Gasteiger partial charge in [-0.15, -0.1) is 0 Å². The third-order valence-corrected chi connectivity index (χ3v) is 6.85. The molecule has 4 rings (SSSR count). The maximum Gasteiger partial charge on any atom is 0.225 e. The van der Waals surface area contributed by atoms with Crippen molar-refractivity contribution in [2.45, 2.75) is 51.0 Å². The number of methoxy groups -OCH3 is 1. The number of hydrogen-bond acceptors (Lipinski definition) is 4. The molecule has 1 aromatic carbocycles. The second-order valence-electron chi connectivity index (χ2n) is 8.87. The van der Waals surface area contributed by atoms with Crippen LogP contribution < -0.4 is 10.1 Å². The first-order valence-corrected chi connectivity index (χ1v) is 11.8. The number of likely N-dealkylation sites (tertiary alicyclic amines) is 1. The van der Waals surface area contributed by atoms with Gasteiger partial charge in [-0.05, 0) is 43.9 Å². The van der Waals surface area contributed by atoms with E-state index in [4.69, 9.17) is 4.74 Å². The Morgan fingerprint density at radius 1 is 0.969 bits per heavy atom. The second-order valence-corrected chi connectivity index (χ2v) is 8.87. The van der Waals surface area contributed by atoms with E-state index < -0.39 is 0 Å². The van der Waals surface area contributed by atoms with Crippen LogP contribution in [0, 0.1) is 11.8 Å². The Morgan fingerprint density at radius 3 is 2.38 bits per heavy atom. The molecule has 1 saturated heterocycles. The first-order valence-electron chi connectivity index (χ1n) is 11.8. The fourth-order valence-corrected chi connectivity index (χ4v) is 4.99. The molecule has 1 saturated carbocycles. The number of nitrogens with zero attached hydrogens (tertiary/aromatic N) is 2. The number of piperidine rings is 1. The molecule has 2 amide bonds. The number of carbonyl (C=O) groups is 2. The van der Waals surface area contributed by atoms with Gasteiger partial charge in [-0.3, -0.25) is 14.6 Å². The summed E-state index contributed by atoms with van der Waals surface area (Å²) in [6.07, 6.45) is 8.74. The highest BCUT2D eigenvalue weighted by molar-refractivity contribution is 5.81. The molecule has 2 fully saturated rings. The van der Waals surface area contributed by atoms with Gasteiger partial charge in [-0.25, -0.2) is 0 Å². The molecular formula is C26H33N3O3. The van der Waals surface area contributed by atoms with E-state index in [2.05, 4.69) is 10.3 Å². The lowest BCUT2D eigenvalue weighted by Gasteiger charge is -2.35. The van der Waals surface area contributed by atoms with Crippen molar-refractivity contribution in [3.63, 3.8) is 0 Å². The number of benzene rings is 1. The minimum Gasteiger partial charge on any atom is -0.496 e. The van der Waals surface area contributed by atoms with Crippen LogP contribution in [0.4, 0.5) is 0 Å². The van der Waals surface area contributed by atoms with E-state index >= 15 is 0 Å². The monoisotopic (exact) mass is 435 g/mol. The van der Waals surface area contributed by atoms with E-state index in [1.165, 1.54) is 6.42 Å². The van der Waals surface area contributed by atoms with Crippen LogP contribution in [0.1, 0.15) is 62.2 Å². The number of para-hydroxylation sites is 1. The number of amides is 2. The lowest BCUT2D eigenvalue weighted by Crippen LogP contribution is -2.46. The highest BCUT2D eigenvalue weighted by Gasteiger charge is 2.32. The van der Waals surface area contributed by atoms with Crippen molar-refractivity contribution in [1.82, 2.24) is 15.2 Å². The molecule has 1 aliphatic heterocycles. The third kappa shape index (κ3) is 5.12. The Hall–Kier alpha value is -2.89. The standard InChI is InChI=1S/C26H33N3O3/c1-32-23-13-6-5-11-21(23)24(22-12-7-8-16-27-22)28-25(30)19-14-17-29(18-15-19)26(31)20-9-3-2-4-10-20/h5-8,11-13,16,19-20,24H,2-4,9-10,14-15,17-18H2,1H3,(H,28,30). The molecule has 1 aliphatic carbocycles. The smallest absolute Gasteiger partial charge is 0.225 e. The fourth-order valence-electron chi connectivity index (χ4n) is 4.99. The Morgan fingerprint density at radius 2 is 1.69 bits per heavy atom. The van der Waals surface area contributed by atoms with Crippen LogP contribution in [0.25, 0.3) is 0 Å². The molecule has 0 radical (unpaired) electrons. The van der Waals surface area contributed by atoms with E-state index in [1.54, 1.807) is 13.3 Å². The third-order valence-electron chi connectivity index (χ3n) is 6.85. The molecule has 0 spiro atoms. The maximum atomic E-state index is 13.2. The van der Waals surface area contributed by atoms with Crippen LogP contribution in [-0.2, 0) is 9.59 Å². The quantitative estimate of drug-likeness (QED) is 0.741. The molecule has 6 heteroatoms. The van der Waals surface area contributed by atoms with Crippen molar-refractivity contribution in [1.29, 1.82) is 0 Å². The molecule has 32 heavy (non-hydrogen) atoms. The number of pyridine rings is 1. The average molecular weight is 436 g/mol. The molecule has 1 aromatic heterocycles. The van der Waals surface area contributed by atoms with Crippen LogP contribution in [0.5, 0.6) is 5.75 Å². The molecule has 0 bridgehead atoms. The summed E-state index contributed by atoms with van der Waals surface area (Å²) in [6, 6.07) is 13.0. The summed E-state index contributed by atoms with van der Waals surface area (Å²) in [4.78, 5) is 32.6. The summed E-state index contributed by atoms with van der Waals surface area (Å²) in [6.45, 7) is 1.33.